The summed E-state index contributed by atoms with van der Waals surface area (Å²) in [6.45, 7) is 2.10. The molecule has 0 bridgehead atoms. The van der Waals surface area contributed by atoms with Gasteiger partial charge in [0.05, 0.1) is 16.7 Å². The summed E-state index contributed by atoms with van der Waals surface area (Å²) in [6.07, 6.45) is 1.91. The molecule has 0 spiro atoms. The summed E-state index contributed by atoms with van der Waals surface area (Å²) < 4.78 is 11.2. The van der Waals surface area contributed by atoms with E-state index in [0.29, 0.717) is 22.4 Å². The highest BCUT2D eigenvalue weighted by molar-refractivity contribution is 7.80. The average molecular weight is 307 g/mol. The normalized spacial score (nSPS) is 18.6. The molecule has 0 N–H and O–H groups in total. The summed E-state index contributed by atoms with van der Waals surface area (Å²) in [5.74, 6) is 1.34. The standard InChI is InChI=1S/C13H16Cl2O2S/c14-10-2-1-3-11(15)12(10)17-8-13(9-18)4-6-16-7-5-13/h1-3,18H,4-9H2. The molecule has 0 amide bonds. The van der Waals surface area contributed by atoms with Gasteiger partial charge in [0.2, 0.25) is 0 Å². The third-order valence-electron chi connectivity index (χ3n) is 3.33. The highest BCUT2D eigenvalue weighted by Crippen LogP contribution is 2.37. The van der Waals surface area contributed by atoms with Crippen molar-refractivity contribution in [2.45, 2.75) is 12.8 Å². The molecule has 2 nitrogen and oxygen atoms in total. The number of para-hydroxylation sites is 1. The smallest absolute Gasteiger partial charge is 0.156 e. The van der Waals surface area contributed by atoms with Crippen LogP contribution in [0.25, 0.3) is 0 Å². The molecule has 1 fully saturated rings. The Hall–Kier alpha value is -0.0900. The Morgan fingerprint density at radius 3 is 2.39 bits per heavy atom. The summed E-state index contributed by atoms with van der Waals surface area (Å²) in [6, 6.07) is 5.36. The average Bonchev–Trinajstić information content (AvgIpc) is 2.39. The van der Waals surface area contributed by atoms with Gasteiger partial charge in [-0.25, -0.2) is 0 Å². The van der Waals surface area contributed by atoms with Gasteiger partial charge >= 0.3 is 0 Å². The van der Waals surface area contributed by atoms with E-state index < -0.39 is 0 Å². The first-order valence-corrected chi connectivity index (χ1v) is 7.31. The van der Waals surface area contributed by atoms with Crippen LogP contribution in [-0.2, 0) is 4.74 Å². The predicted octanol–water partition coefficient (Wildman–Crippen LogP) is 4.10. The second-order valence-corrected chi connectivity index (χ2v) is 5.74. The minimum absolute atomic E-state index is 0.0594. The van der Waals surface area contributed by atoms with Gasteiger partial charge in [-0.05, 0) is 30.7 Å². The van der Waals surface area contributed by atoms with Gasteiger partial charge in [-0.1, -0.05) is 29.3 Å². The summed E-state index contributed by atoms with van der Waals surface area (Å²) in [5, 5.41) is 1.09. The first kappa shape index (κ1) is 14.3. The van der Waals surface area contributed by atoms with Crippen molar-refractivity contribution in [1.29, 1.82) is 0 Å². The van der Waals surface area contributed by atoms with Crippen molar-refractivity contribution in [2.75, 3.05) is 25.6 Å². The topological polar surface area (TPSA) is 18.5 Å². The lowest BCUT2D eigenvalue weighted by atomic mass is 9.83. The van der Waals surface area contributed by atoms with Gasteiger partial charge < -0.3 is 9.47 Å². The molecule has 1 aliphatic heterocycles. The molecule has 0 saturated carbocycles. The van der Waals surface area contributed by atoms with Crippen molar-refractivity contribution in [1.82, 2.24) is 0 Å². The lowest BCUT2D eigenvalue weighted by Gasteiger charge is -2.35. The van der Waals surface area contributed by atoms with Crippen LogP contribution in [0.4, 0.5) is 0 Å². The monoisotopic (exact) mass is 306 g/mol. The van der Waals surface area contributed by atoms with Gasteiger partial charge in [0, 0.05) is 18.6 Å². The van der Waals surface area contributed by atoms with Crippen LogP contribution in [0.2, 0.25) is 10.0 Å². The predicted molar refractivity (Wildman–Crippen MR) is 78.3 cm³/mol. The van der Waals surface area contributed by atoms with E-state index in [4.69, 9.17) is 32.7 Å². The molecule has 1 saturated heterocycles. The van der Waals surface area contributed by atoms with Crippen LogP contribution in [0, 0.1) is 5.41 Å². The summed E-state index contributed by atoms with van der Waals surface area (Å²) in [7, 11) is 0. The van der Waals surface area contributed by atoms with Crippen LogP contribution < -0.4 is 4.74 Å². The summed E-state index contributed by atoms with van der Waals surface area (Å²) >= 11 is 16.6. The largest absolute Gasteiger partial charge is 0.490 e. The molecule has 5 heteroatoms. The van der Waals surface area contributed by atoms with Crippen LogP contribution in [0.3, 0.4) is 0 Å². The fraction of sp³-hybridized carbons (Fsp3) is 0.538. The Morgan fingerprint density at radius 2 is 1.83 bits per heavy atom. The first-order chi connectivity index (χ1) is 8.67. The van der Waals surface area contributed by atoms with Crippen molar-refractivity contribution >= 4 is 35.8 Å². The van der Waals surface area contributed by atoms with Crippen molar-refractivity contribution in [3.8, 4) is 5.75 Å². The van der Waals surface area contributed by atoms with Crippen LogP contribution in [-0.4, -0.2) is 25.6 Å². The van der Waals surface area contributed by atoms with Crippen molar-refractivity contribution in [3.05, 3.63) is 28.2 Å². The highest BCUT2D eigenvalue weighted by atomic mass is 35.5. The number of ether oxygens (including phenoxy) is 2. The van der Waals surface area contributed by atoms with E-state index in [1.54, 1.807) is 18.2 Å². The number of hydrogen-bond donors (Lipinski definition) is 1. The quantitative estimate of drug-likeness (QED) is 0.844. The lowest BCUT2D eigenvalue weighted by molar-refractivity contribution is 0.00315. The molecule has 1 aliphatic rings. The van der Waals surface area contributed by atoms with E-state index in [1.807, 2.05) is 0 Å². The summed E-state index contributed by atoms with van der Waals surface area (Å²) in [5.41, 5.74) is 0.0594. The maximum Gasteiger partial charge on any atom is 0.156 e. The van der Waals surface area contributed by atoms with Crippen molar-refractivity contribution < 1.29 is 9.47 Å². The zero-order valence-corrected chi connectivity index (χ0v) is 12.4. The number of hydrogen-bond acceptors (Lipinski definition) is 3. The third kappa shape index (κ3) is 3.27. The Labute approximate surface area is 123 Å². The molecule has 0 aliphatic carbocycles. The number of halogens is 2. The van der Waals surface area contributed by atoms with E-state index in [2.05, 4.69) is 12.6 Å². The first-order valence-electron chi connectivity index (χ1n) is 5.92. The van der Waals surface area contributed by atoms with Crippen LogP contribution in [0.5, 0.6) is 5.75 Å². The van der Waals surface area contributed by atoms with E-state index in [9.17, 15) is 0 Å². The molecule has 1 aromatic carbocycles. The molecule has 2 rings (SSSR count). The maximum absolute atomic E-state index is 6.08. The SMILES string of the molecule is SCC1(COc2c(Cl)cccc2Cl)CCOCC1. The molecule has 100 valence electrons. The van der Waals surface area contributed by atoms with E-state index >= 15 is 0 Å². The fourth-order valence-corrected chi connectivity index (χ4v) is 2.91. The van der Waals surface area contributed by atoms with Crippen molar-refractivity contribution in [2.24, 2.45) is 5.41 Å². The van der Waals surface area contributed by atoms with E-state index in [1.165, 1.54) is 0 Å². The number of rotatable bonds is 4. The summed E-state index contributed by atoms with van der Waals surface area (Å²) in [4.78, 5) is 0. The Bertz CT molecular complexity index is 386. The molecule has 1 heterocycles. The third-order valence-corrected chi connectivity index (χ3v) is 4.60. The zero-order chi connectivity index (χ0) is 13.0. The second-order valence-electron chi connectivity index (χ2n) is 4.61. The zero-order valence-electron chi connectivity index (χ0n) is 9.99. The Morgan fingerprint density at radius 1 is 1.22 bits per heavy atom. The molecule has 1 aromatic rings. The van der Waals surface area contributed by atoms with Crippen molar-refractivity contribution in [3.63, 3.8) is 0 Å². The number of benzene rings is 1. The maximum atomic E-state index is 6.08. The molecule has 0 atom stereocenters. The highest BCUT2D eigenvalue weighted by Gasteiger charge is 2.32. The molecule has 18 heavy (non-hydrogen) atoms. The Balaban J connectivity index is 2.05. The lowest BCUT2D eigenvalue weighted by Crippen LogP contribution is -2.37. The van der Waals surface area contributed by atoms with Gasteiger partial charge in [0.1, 0.15) is 0 Å². The minimum atomic E-state index is 0.0594. The van der Waals surface area contributed by atoms with Crippen LogP contribution in [0.1, 0.15) is 12.8 Å². The second kappa shape index (κ2) is 6.38. The molecular formula is C13H16Cl2O2S. The molecular weight excluding hydrogens is 291 g/mol. The molecule has 0 radical (unpaired) electrons. The molecule has 0 aromatic heterocycles. The van der Waals surface area contributed by atoms with Gasteiger partial charge in [0.15, 0.2) is 5.75 Å². The fourth-order valence-electron chi connectivity index (χ4n) is 2.00. The van der Waals surface area contributed by atoms with E-state index in [0.717, 1.165) is 31.8 Å². The Kier molecular flexibility index (Phi) is 5.07. The van der Waals surface area contributed by atoms with Crippen LogP contribution >= 0.6 is 35.8 Å². The van der Waals surface area contributed by atoms with Crippen LogP contribution in [0.15, 0.2) is 18.2 Å². The van der Waals surface area contributed by atoms with Gasteiger partial charge in [-0.2, -0.15) is 12.6 Å². The number of thiol groups is 1. The molecule has 0 unspecified atom stereocenters. The minimum Gasteiger partial charge on any atom is -0.490 e. The van der Waals surface area contributed by atoms with Gasteiger partial charge in [0.25, 0.3) is 0 Å². The van der Waals surface area contributed by atoms with Gasteiger partial charge in [-0.15, -0.1) is 0 Å². The van der Waals surface area contributed by atoms with Gasteiger partial charge in [-0.3, -0.25) is 0 Å². The van der Waals surface area contributed by atoms with E-state index in [-0.39, 0.29) is 5.41 Å².